The van der Waals surface area contributed by atoms with Gasteiger partial charge in [0.15, 0.2) is 5.67 Å². The number of rotatable bonds is 0. The van der Waals surface area contributed by atoms with Crippen LogP contribution in [0.1, 0.15) is 64.9 Å². The molecule has 0 saturated carbocycles. The summed E-state index contributed by atoms with van der Waals surface area (Å²) >= 11 is 3.35. The van der Waals surface area contributed by atoms with Crippen LogP contribution in [-0.4, -0.2) is 59.0 Å². The van der Waals surface area contributed by atoms with Gasteiger partial charge in [-0.15, -0.1) is 0 Å². The molecule has 2 amide bonds. The van der Waals surface area contributed by atoms with Gasteiger partial charge < -0.3 is 14.8 Å². The number of amides is 2. The Hall–Kier alpha value is -1.74. The molecule has 3 rings (SSSR count). The van der Waals surface area contributed by atoms with Crippen LogP contribution in [0.15, 0.2) is 16.7 Å². The molecule has 0 unspecified atom stereocenters. The number of nitrogens with zero attached hydrogens (tertiary/aromatic N) is 2. The van der Waals surface area contributed by atoms with E-state index in [1.165, 1.54) is 4.90 Å². The second kappa shape index (κ2) is 10.5. The van der Waals surface area contributed by atoms with Crippen LogP contribution in [0.2, 0.25) is 0 Å². The maximum absolute atomic E-state index is 15.7. The Labute approximate surface area is 197 Å². The van der Waals surface area contributed by atoms with Gasteiger partial charge in [0.25, 0.3) is 0 Å². The lowest BCUT2D eigenvalue weighted by atomic mass is 10.0. The number of aryl methyl sites for hydroxylation is 1. The summed E-state index contributed by atoms with van der Waals surface area (Å²) in [5, 5.41) is 2.84. The number of aromatic nitrogens is 1. The SMILES string of the molecule is CC(C)(C)OC(=O)N1C[C@@]2(F)COCCCCCCCc3ccc(Br)nc3NC(=O)[C@@H]1C2. The van der Waals surface area contributed by atoms with Crippen molar-refractivity contribution in [1.29, 1.82) is 0 Å². The average molecular weight is 514 g/mol. The Morgan fingerprint density at radius 3 is 2.75 bits per heavy atom. The molecule has 2 aliphatic heterocycles. The van der Waals surface area contributed by atoms with Crippen molar-refractivity contribution in [2.75, 3.05) is 25.1 Å². The molecule has 1 aromatic heterocycles. The molecule has 0 radical (unpaired) electrons. The summed E-state index contributed by atoms with van der Waals surface area (Å²) in [6, 6.07) is 2.76. The van der Waals surface area contributed by atoms with Gasteiger partial charge in [0.05, 0.1) is 13.2 Å². The highest BCUT2D eigenvalue weighted by Crippen LogP contribution is 2.34. The molecular weight excluding hydrogens is 481 g/mol. The summed E-state index contributed by atoms with van der Waals surface area (Å²) in [6.45, 7) is 5.27. The van der Waals surface area contributed by atoms with E-state index in [0.29, 0.717) is 17.0 Å². The lowest BCUT2D eigenvalue weighted by molar-refractivity contribution is -0.120. The predicted molar refractivity (Wildman–Crippen MR) is 123 cm³/mol. The zero-order chi connectivity index (χ0) is 23.4. The molecule has 0 aromatic carbocycles. The monoisotopic (exact) mass is 513 g/mol. The molecule has 0 spiro atoms. The Morgan fingerprint density at radius 2 is 2.00 bits per heavy atom. The van der Waals surface area contributed by atoms with Crippen molar-refractivity contribution in [2.45, 2.75) is 83.0 Å². The van der Waals surface area contributed by atoms with Crippen molar-refractivity contribution >= 4 is 33.7 Å². The van der Waals surface area contributed by atoms with Gasteiger partial charge in [0, 0.05) is 13.0 Å². The maximum Gasteiger partial charge on any atom is 0.411 e. The Kier molecular flexibility index (Phi) is 8.14. The molecule has 2 atom stereocenters. The molecule has 0 aliphatic carbocycles. The molecule has 1 N–H and O–H groups in total. The standard InChI is InChI=1S/C23H33BrFN3O4/c1-22(2,3)32-21(30)28-14-23(25)13-17(28)20(29)27-19-16(10-11-18(24)26-19)9-7-5-4-6-8-12-31-15-23/h10-11,17H,4-9,12-15H2,1-3H3,(H,26,27,29)/t17-,23+/m0/s1. The first kappa shape index (κ1) is 24.9. The number of likely N-dealkylation sites (tertiary alicyclic amines) is 1. The number of hydrogen-bond acceptors (Lipinski definition) is 5. The van der Waals surface area contributed by atoms with Crippen molar-refractivity contribution in [1.82, 2.24) is 9.88 Å². The summed E-state index contributed by atoms with van der Waals surface area (Å²) in [5.74, 6) is -0.0393. The number of hydrogen-bond donors (Lipinski definition) is 1. The summed E-state index contributed by atoms with van der Waals surface area (Å²) in [4.78, 5) is 31.7. The fourth-order valence-electron chi connectivity index (χ4n) is 4.07. The minimum atomic E-state index is -1.82. The van der Waals surface area contributed by atoms with Crippen LogP contribution in [-0.2, 0) is 20.7 Å². The van der Waals surface area contributed by atoms with Crippen molar-refractivity contribution in [3.8, 4) is 0 Å². The van der Waals surface area contributed by atoms with Crippen molar-refractivity contribution < 1.29 is 23.5 Å². The number of anilines is 1. The largest absolute Gasteiger partial charge is 0.444 e. The van der Waals surface area contributed by atoms with Crippen LogP contribution in [0.25, 0.3) is 0 Å². The molecule has 7 nitrogen and oxygen atoms in total. The summed E-state index contributed by atoms with van der Waals surface area (Å²) in [5.41, 5.74) is -1.65. The molecule has 3 heterocycles. The van der Waals surface area contributed by atoms with E-state index in [2.05, 4.69) is 26.2 Å². The molecule has 9 heteroatoms. The van der Waals surface area contributed by atoms with Crippen molar-refractivity contribution in [2.24, 2.45) is 0 Å². The van der Waals surface area contributed by atoms with E-state index in [0.717, 1.165) is 44.1 Å². The van der Waals surface area contributed by atoms with E-state index in [4.69, 9.17) is 9.47 Å². The van der Waals surface area contributed by atoms with Crippen LogP contribution in [0, 0.1) is 0 Å². The van der Waals surface area contributed by atoms with Gasteiger partial charge in [-0.1, -0.05) is 25.3 Å². The summed E-state index contributed by atoms with van der Waals surface area (Å²) in [7, 11) is 0. The van der Waals surface area contributed by atoms with Crippen LogP contribution in [0.4, 0.5) is 15.0 Å². The van der Waals surface area contributed by atoms with Crippen molar-refractivity contribution in [3.05, 3.63) is 22.3 Å². The highest BCUT2D eigenvalue weighted by atomic mass is 79.9. The van der Waals surface area contributed by atoms with E-state index in [-0.39, 0.29) is 19.6 Å². The fourth-order valence-corrected chi connectivity index (χ4v) is 4.38. The number of carbonyl (C=O) groups excluding carboxylic acids is 2. The first-order chi connectivity index (χ1) is 15.1. The van der Waals surface area contributed by atoms with Crippen LogP contribution >= 0.6 is 15.9 Å². The summed E-state index contributed by atoms with van der Waals surface area (Å²) in [6.07, 6.45) is 4.91. The number of nitrogens with one attached hydrogen (secondary N) is 1. The molecule has 178 valence electrons. The summed E-state index contributed by atoms with van der Waals surface area (Å²) < 4.78 is 27.3. The van der Waals surface area contributed by atoms with E-state index >= 15 is 4.39 Å². The number of halogens is 2. The third-order valence-electron chi connectivity index (χ3n) is 5.60. The third-order valence-corrected chi connectivity index (χ3v) is 6.04. The number of pyridine rings is 1. The van der Waals surface area contributed by atoms with Crippen LogP contribution in [0.3, 0.4) is 0 Å². The van der Waals surface area contributed by atoms with E-state index in [1.807, 2.05) is 12.1 Å². The van der Waals surface area contributed by atoms with Gasteiger partial charge in [-0.05, 0) is 67.6 Å². The normalized spacial score (nSPS) is 25.7. The smallest absolute Gasteiger partial charge is 0.411 e. The highest BCUT2D eigenvalue weighted by molar-refractivity contribution is 9.10. The van der Waals surface area contributed by atoms with E-state index < -0.39 is 29.3 Å². The van der Waals surface area contributed by atoms with E-state index in [1.54, 1.807) is 20.8 Å². The molecule has 2 bridgehead atoms. The minimum Gasteiger partial charge on any atom is -0.444 e. The quantitative estimate of drug-likeness (QED) is 0.492. The van der Waals surface area contributed by atoms with Crippen LogP contribution < -0.4 is 5.32 Å². The van der Waals surface area contributed by atoms with Gasteiger partial charge in [0.1, 0.15) is 22.1 Å². The topological polar surface area (TPSA) is 80.8 Å². The van der Waals surface area contributed by atoms with Crippen molar-refractivity contribution in [3.63, 3.8) is 0 Å². The number of alkyl halides is 1. The van der Waals surface area contributed by atoms with Gasteiger partial charge in [0.2, 0.25) is 5.91 Å². The zero-order valence-corrected chi connectivity index (χ0v) is 20.7. The van der Waals surface area contributed by atoms with Gasteiger partial charge in [-0.3, -0.25) is 9.69 Å². The fraction of sp³-hybridized carbons (Fsp3) is 0.696. The second-order valence-electron chi connectivity index (χ2n) is 9.68. The van der Waals surface area contributed by atoms with E-state index in [9.17, 15) is 9.59 Å². The third kappa shape index (κ3) is 6.88. The average Bonchev–Trinajstić information content (AvgIpc) is 3.04. The molecule has 2 aliphatic rings. The molecule has 1 aromatic rings. The molecule has 32 heavy (non-hydrogen) atoms. The zero-order valence-electron chi connectivity index (χ0n) is 19.1. The minimum absolute atomic E-state index is 0.151. The Balaban J connectivity index is 1.87. The first-order valence-electron chi connectivity index (χ1n) is 11.3. The first-order valence-corrected chi connectivity index (χ1v) is 12.1. The van der Waals surface area contributed by atoms with Gasteiger partial charge in [-0.25, -0.2) is 14.2 Å². The van der Waals surface area contributed by atoms with Gasteiger partial charge in [-0.2, -0.15) is 0 Å². The second-order valence-corrected chi connectivity index (χ2v) is 10.5. The Bertz CT molecular complexity index is 832. The molecular formula is C23H33BrFN3O4. The maximum atomic E-state index is 15.7. The van der Waals surface area contributed by atoms with Crippen LogP contribution in [0.5, 0.6) is 0 Å². The van der Waals surface area contributed by atoms with Gasteiger partial charge >= 0.3 is 6.09 Å². The Morgan fingerprint density at radius 1 is 1.28 bits per heavy atom. The number of ether oxygens (including phenoxy) is 2. The lowest BCUT2D eigenvalue weighted by Crippen LogP contribution is -2.46. The number of carbonyl (C=O) groups is 2. The molecule has 1 saturated heterocycles. The predicted octanol–water partition coefficient (Wildman–Crippen LogP) is 5.02. The lowest BCUT2D eigenvalue weighted by Gasteiger charge is -2.28. The highest BCUT2D eigenvalue weighted by Gasteiger charge is 2.51. The molecule has 1 fully saturated rings. The number of fused-ring (bicyclic) bond motifs is 3.